The third-order valence-corrected chi connectivity index (χ3v) is 4.31. The van der Waals surface area contributed by atoms with Gasteiger partial charge in [-0.1, -0.05) is 74.5 Å². The molecule has 0 heterocycles. The molecule has 0 bridgehead atoms. The van der Waals surface area contributed by atoms with Crippen molar-refractivity contribution in [3.63, 3.8) is 0 Å². The molecule has 0 fully saturated rings. The van der Waals surface area contributed by atoms with E-state index in [1.807, 2.05) is 0 Å². The molecule has 3 nitrogen and oxygen atoms in total. The summed E-state index contributed by atoms with van der Waals surface area (Å²) in [6.45, 7) is 6.17. The van der Waals surface area contributed by atoms with E-state index in [0.717, 1.165) is 13.1 Å². The van der Waals surface area contributed by atoms with Crippen LogP contribution in [0.4, 0.5) is 0 Å². The molecule has 0 saturated heterocycles. The van der Waals surface area contributed by atoms with Crippen LogP contribution in [0.25, 0.3) is 0 Å². The topological polar surface area (TPSA) is 21.7 Å². The van der Waals surface area contributed by atoms with E-state index in [1.165, 1.54) is 11.1 Å². The van der Waals surface area contributed by atoms with Crippen LogP contribution in [0.2, 0.25) is 0 Å². The van der Waals surface area contributed by atoms with Gasteiger partial charge in [0, 0.05) is 27.3 Å². The van der Waals surface area contributed by atoms with E-state index in [2.05, 4.69) is 79.4 Å². The molecule has 0 aromatic heterocycles. The minimum Gasteiger partial charge on any atom is -0.354 e. The fourth-order valence-corrected chi connectivity index (χ4v) is 3.19. The van der Waals surface area contributed by atoms with E-state index in [-0.39, 0.29) is 12.3 Å². The first-order valence-electron chi connectivity index (χ1n) is 8.53. The average molecular weight is 327 g/mol. The van der Waals surface area contributed by atoms with E-state index in [1.54, 1.807) is 14.2 Å². The minimum atomic E-state index is -0.252. The van der Waals surface area contributed by atoms with Gasteiger partial charge < -0.3 is 9.47 Å². The summed E-state index contributed by atoms with van der Waals surface area (Å²) in [5.41, 5.74) is 2.59. The van der Waals surface area contributed by atoms with E-state index in [4.69, 9.17) is 9.47 Å². The van der Waals surface area contributed by atoms with Crippen LogP contribution in [-0.2, 0) is 22.6 Å². The van der Waals surface area contributed by atoms with Crippen LogP contribution in [-0.4, -0.2) is 31.5 Å². The van der Waals surface area contributed by atoms with Gasteiger partial charge in [0.05, 0.1) is 6.04 Å². The lowest BCUT2D eigenvalue weighted by molar-refractivity contribution is -0.160. The third-order valence-electron chi connectivity index (χ3n) is 4.31. The molecule has 2 aromatic carbocycles. The fourth-order valence-electron chi connectivity index (χ4n) is 3.19. The Bertz CT molecular complexity index is 525. The van der Waals surface area contributed by atoms with E-state index in [0.29, 0.717) is 5.92 Å². The van der Waals surface area contributed by atoms with Crippen molar-refractivity contribution in [1.82, 2.24) is 4.90 Å². The first kappa shape index (κ1) is 18.7. The largest absolute Gasteiger partial charge is 0.354 e. The number of benzene rings is 2. The molecule has 0 saturated carbocycles. The SMILES string of the molecule is COC(OC)C(C(C)C)N(Cc1ccccc1)Cc1ccccc1. The Morgan fingerprint density at radius 1 is 0.750 bits per heavy atom. The lowest BCUT2D eigenvalue weighted by Crippen LogP contribution is -2.47. The third kappa shape index (κ3) is 5.17. The molecule has 24 heavy (non-hydrogen) atoms. The van der Waals surface area contributed by atoms with Crippen LogP contribution in [0.3, 0.4) is 0 Å². The maximum atomic E-state index is 5.62. The van der Waals surface area contributed by atoms with Crippen LogP contribution < -0.4 is 0 Å². The van der Waals surface area contributed by atoms with Gasteiger partial charge in [-0.15, -0.1) is 0 Å². The molecule has 0 spiro atoms. The molecular weight excluding hydrogens is 298 g/mol. The zero-order valence-corrected chi connectivity index (χ0v) is 15.2. The normalized spacial score (nSPS) is 13.0. The molecule has 3 heteroatoms. The number of rotatable bonds is 9. The molecule has 1 unspecified atom stereocenters. The first-order chi connectivity index (χ1) is 11.7. The highest BCUT2D eigenvalue weighted by Gasteiger charge is 2.30. The highest BCUT2D eigenvalue weighted by molar-refractivity contribution is 5.17. The predicted octanol–water partition coefficient (Wildman–Crippen LogP) is 4.33. The van der Waals surface area contributed by atoms with E-state index in [9.17, 15) is 0 Å². The minimum absolute atomic E-state index is 0.167. The lowest BCUT2D eigenvalue weighted by atomic mass is 9.99. The van der Waals surface area contributed by atoms with Gasteiger partial charge in [-0.3, -0.25) is 4.90 Å². The Morgan fingerprint density at radius 3 is 1.50 bits per heavy atom. The molecule has 0 aliphatic rings. The van der Waals surface area contributed by atoms with Gasteiger partial charge in [0.1, 0.15) is 0 Å². The van der Waals surface area contributed by atoms with Crippen LogP contribution in [0.15, 0.2) is 60.7 Å². The zero-order chi connectivity index (χ0) is 17.4. The summed E-state index contributed by atoms with van der Waals surface area (Å²) in [6.07, 6.45) is -0.252. The van der Waals surface area contributed by atoms with Crippen molar-refractivity contribution in [3.05, 3.63) is 71.8 Å². The van der Waals surface area contributed by atoms with Gasteiger partial charge in [0.15, 0.2) is 6.29 Å². The molecule has 0 radical (unpaired) electrons. The summed E-state index contributed by atoms with van der Waals surface area (Å²) < 4.78 is 11.2. The van der Waals surface area contributed by atoms with Gasteiger partial charge in [-0.2, -0.15) is 0 Å². The molecule has 0 N–H and O–H groups in total. The second-order valence-electron chi connectivity index (χ2n) is 6.45. The van der Waals surface area contributed by atoms with Gasteiger partial charge in [-0.05, 0) is 17.0 Å². The smallest absolute Gasteiger partial charge is 0.172 e. The van der Waals surface area contributed by atoms with Crippen LogP contribution >= 0.6 is 0 Å². The maximum absolute atomic E-state index is 5.62. The summed E-state index contributed by atoms with van der Waals surface area (Å²) in [7, 11) is 3.43. The Labute approximate surface area is 146 Å². The molecule has 2 rings (SSSR count). The first-order valence-corrected chi connectivity index (χ1v) is 8.53. The second kappa shape index (κ2) is 9.58. The summed E-state index contributed by atoms with van der Waals surface area (Å²) >= 11 is 0. The van der Waals surface area contributed by atoms with Crippen LogP contribution in [0.5, 0.6) is 0 Å². The van der Waals surface area contributed by atoms with Crippen molar-refractivity contribution >= 4 is 0 Å². The van der Waals surface area contributed by atoms with Crippen molar-refractivity contribution in [1.29, 1.82) is 0 Å². The number of nitrogens with zero attached hydrogens (tertiary/aromatic N) is 1. The van der Waals surface area contributed by atoms with Gasteiger partial charge in [-0.25, -0.2) is 0 Å². The van der Waals surface area contributed by atoms with Crippen molar-refractivity contribution in [3.8, 4) is 0 Å². The zero-order valence-electron chi connectivity index (χ0n) is 15.2. The predicted molar refractivity (Wildman–Crippen MR) is 98.6 cm³/mol. The molecule has 2 aromatic rings. The summed E-state index contributed by atoms with van der Waals surface area (Å²) in [4.78, 5) is 2.45. The Hall–Kier alpha value is -1.68. The van der Waals surface area contributed by atoms with Crippen molar-refractivity contribution in [2.24, 2.45) is 5.92 Å². The highest BCUT2D eigenvalue weighted by atomic mass is 16.7. The standard InChI is InChI=1S/C21H29NO2/c1-17(2)20(21(23-3)24-4)22(15-18-11-7-5-8-12-18)16-19-13-9-6-10-14-19/h5-14,17,20-21H,15-16H2,1-4H3. The molecule has 0 aliphatic heterocycles. The number of methoxy groups -OCH3 is 2. The van der Waals surface area contributed by atoms with Gasteiger partial charge in [0.2, 0.25) is 0 Å². The number of hydrogen-bond donors (Lipinski definition) is 0. The number of ether oxygens (including phenoxy) is 2. The van der Waals surface area contributed by atoms with E-state index >= 15 is 0 Å². The Morgan fingerprint density at radius 2 is 1.17 bits per heavy atom. The highest BCUT2D eigenvalue weighted by Crippen LogP contribution is 2.22. The average Bonchev–Trinajstić information content (AvgIpc) is 2.60. The monoisotopic (exact) mass is 327 g/mol. The van der Waals surface area contributed by atoms with Crippen molar-refractivity contribution in [2.45, 2.75) is 39.3 Å². The Kier molecular flexibility index (Phi) is 7.44. The summed E-state index contributed by atoms with van der Waals surface area (Å²) in [5, 5.41) is 0. The molecule has 0 aliphatic carbocycles. The van der Waals surface area contributed by atoms with Crippen LogP contribution in [0, 0.1) is 5.92 Å². The summed E-state index contributed by atoms with van der Waals surface area (Å²) in [5.74, 6) is 0.405. The quantitative estimate of drug-likeness (QED) is 0.640. The van der Waals surface area contributed by atoms with Crippen molar-refractivity contribution < 1.29 is 9.47 Å². The second-order valence-corrected chi connectivity index (χ2v) is 6.45. The molecule has 130 valence electrons. The number of hydrogen-bond acceptors (Lipinski definition) is 3. The fraction of sp³-hybridized carbons (Fsp3) is 0.429. The summed E-state index contributed by atoms with van der Waals surface area (Å²) in [6, 6.07) is 21.3. The maximum Gasteiger partial charge on any atom is 0.172 e. The van der Waals surface area contributed by atoms with Crippen molar-refractivity contribution in [2.75, 3.05) is 14.2 Å². The van der Waals surface area contributed by atoms with Gasteiger partial charge in [0.25, 0.3) is 0 Å². The molecular formula is C21H29NO2. The van der Waals surface area contributed by atoms with E-state index < -0.39 is 0 Å². The van der Waals surface area contributed by atoms with Gasteiger partial charge >= 0.3 is 0 Å². The lowest BCUT2D eigenvalue weighted by Gasteiger charge is -2.38. The van der Waals surface area contributed by atoms with Crippen LogP contribution in [0.1, 0.15) is 25.0 Å². The molecule has 1 atom stereocenters. The molecule has 0 amide bonds. The Balaban J connectivity index is 2.28.